The lowest BCUT2D eigenvalue weighted by molar-refractivity contribution is -0.119. The van der Waals surface area contributed by atoms with Crippen molar-refractivity contribution in [2.24, 2.45) is 5.92 Å². The smallest absolute Gasteiger partial charge is 0.445 e. The molecule has 33 heavy (non-hydrogen) atoms. The molecule has 3 rings (SSSR count). The Morgan fingerprint density at radius 1 is 0.939 bits per heavy atom. The average molecular weight is 452 g/mol. The zero-order valence-electron chi connectivity index (χ0n) is 20.2. The highest BCUT2D eigenvalue weighted by Gasteiger charge is 2.51. The molecule has 1 saturated heterocycles. The number of ether oxygens (including phenoxy) is 1. The molecule has 2 N–H and O–H groups in total. The summed E-state index contributed by atoms with van der Waals surface area (Å²) in [6, 6.07) is 16.0. The number of carbonyl (C=O) groups is 2. The van der Waals surface area contributed by atoms with Crippen LogP contribution in [0.4, 0.5) is 10.5 Å². The number of nitrogens with one attached hydrogen (secondary N) is 2. The molecule has 176 valence electrons. The molecule has 0 aromatic heterocycles. The van der Waals surface area contributed by atoms with E-state index in [0.717, 1.165) is 11.0 Å². The largest absolute Gasteiger partial charge is 0.494 e. The highest BCUT2D eigenvalue weighted by Crippen LogP contribution is 2.36. The predicted molar refractivity (Wildman–Crippen MR) is 129 cm³/mol. The molecule has 8 heteroatoms. The van der Waals surface area contributed by atoms with E-state index < -0.39 is 30.5 Å². The van der Waals surface area contributed by atoms with Crippen molar-refractivity contribution in [1.82, 2.24) is 5.32 Å². The van der Waals surface area contributed by atoms with Crippen LogP contribution in [0.1, 0.15) is 47.1 Å². The molecule has 0 bridgehead atoms. The first-order valence-corrected chi connectivity index (χ1v) is 11.2. The third-order valence-electron chi connectivity index (χ3n) is 6.14. The first kappa shape index (κ1) is 24.8. The summed E-state index contributed by atoms with van der Waals surface area (Å²) in [5, 5.41) is 5.53. The van der Waals surface area contributed by atoms with Crippen LogP contribution in [0.15, 0.2) is 54.6 Å². The Kier molecular flexibility index (Phi) is 7.49. The number of amides is 2. The number of rotatable bonds is 7. The summed E-state index contributed by atoms with van der Waals surface area (Å²) in [6.45, 7) is 11.9. The second kappa shape index (κ2) is 9.97. The normalized spacial score (nSPS) is 17.5. The van der Waals surface area contributed by atoms with Crippen molar-refractivity contribution in [1.29, 1.82) is 0 Å². The molecule has 2 aromatic carbocycles. The fraction of sp³-hybridized carbons (Fsp3) is 0.440. The minimum absolute atomic E-state index is 0.127. The first-order valence-electron chi connectivity index (χ1n) is 11.2. The standard InChI is InChI=1S/C25H33BN2O5/c1-17(2)21(28-23(30)31-16-18-10-8-7-9-11-18)22(29)27-20-14-12-19(13-15-20)26-32-24(3,4)25(5,6)33-26/h7-15,17,21H,16H2,1-6H3,(H,27,29)(H,28,30)/t21-/m0/s1. The van der Waals surface area contributed by atoms with E-state index in [9.17, 15) is 9.59 Å². The van der Waals surface area contributed by atoms with Gasteiger partial charge in [0.2, 0.25) is 5.91 Å². The van der Waals surface area contributed by atoms with Crippen LogP contribution in [0, 0.1) is 5.92 Å². The Hall–Kier alpha value is -2.84. The summed E-state index contributed by atoms with van der Waals surface area (Å²) < 4.78 is 17.4. The van der Waals surface area contributed by atoms with Crippen LogP contribution in [0.2, 0.25) is 0 Å². The number of benzene rings is 2. The van der Waals surface area contributed by atoms with Crippen molar-refractivity contribution < 1.29 is 23.6 Å². The number of hydrogen-bond donors (Lipinski definition) is 2. The van der Waals surface area contributed by atoms with Crippen molar-refractivity contribution >= 4 is 30.3 Å². The molecule has 0 spiro atoms. The maximum atomic E-state index is 12.8. The van der Waals surface area contributed by atoms with Crippen molar-refractivity contribution in [3.05, 3.63) is 60.2 Å². The van der Waals surface area contributed by atoms with Gasteiger partial charge in [-0.25, -0.2) is 4.79 Å². The van der Waals surface area contributed by atoms with Crippen molar-refractivity contribution in [2.75, 3.05) is 5.32 Å². The third-order valence-corrected chi connectivity index (χ3v) is 6.14. The first-order chi connectivity index (χ1) is 15.5. The van der Waals surface area contributed by atoms with Gasteiger partial charge in [-0.05, 0) is 56.8 Å². The lowest BCUT2D eigenvalue weighted by Crippen LogP contribution is -2.47. The molecule has 2 amide bonds. The topological polar surface area (TPSA) is 85.9 Å². The lowest BCUT2D eigenvalue weighted by Gasteiger charge is -2.32. The second-order valence-corrected chi connectivity index (χ2v) is 9.63. The van der Waals surface area contributed by atoms with Gasteiger partial charge in [0.15, 0.2) is 0 Å². The molecular weight excluding hydrogens is 419 g/mol. The summed E-state index contributed by atoms with van der Waals surface area (Å²) >= 11 is 0. The van der Waals surface area contributed by atoms with Crippen molar-refractivity contribution in [3.63, 3.8) is 0 Å². The summed E-state index contributed by atoms with van der Waals surface area (Å²) in [7, 11) is -0.468. The van der Waals surface area contributed by atoms with Crippen molar-refractivity contribution in [2.45, 2.75) is 65.4 Å². The Morgan fingerprint density at radius 3 is 2.06 bits per heavy atom. The minimum atomic E-state index is -0.740. The van der Waals surface area contributed by atoms with E-state index in [1.54, 1.807) is 12.1 Å². The van der Waals surface area contributed by atoms with E-state index in [-0.39, 0.29) is 18.4 Å². The quantitative estimate of drug-likeness (QED) is 0.623. The molecular formula is C25H33BN2O5. The zero-order valence-corrected chi connectivity index (χ0v) is 20.2. The Morgan fingerprint density at radius 2 is 1.52 bits per heavy atom. The highest BCUT2D eigenvalue weighted by molar-refractivity contribution is 6.62. The van der Waals surface area contributed by atoms with Crippen molar-refractivity contribution in [3.8, 4) is 0 Å². The van der Waals surface area contributed by atoms with Crippen LogP contribution in [0.5, 0.6) is 0 Å². The average Bonchev–Trinajstić information content (AvgIpc) is 2.98. The Labute approximate surface area is 196 Å². The SMILES string of the molecule is CC(C)[C@H](NC(=O)OCc1ccccc1)C(=O)Nc1ccc(B2OC(C)(C)C(C)(C)O2)cc1. The van der Waals surface area contributed by atoms with E-state index in [1.807, 2.05) is 84.0 Å². The van der Waals surface area contributed by atoms with Gasteiger partial charge >= 0.3 is 13.2 Å². The predicted octanol–water partition coefficient (Wildman–Crippen LogP) is 3.88. The highest BCUT2D eigenvalue weighted by atomic mass is 16.7. The van der Waals surface area contributed by atoms with E-state index in [0.29, 0.717) is 5.69 Å². The summed E-state index contributed by atoms with van der Waals surface area (Å²) in [5.41, 5.74) is 1.52. The van der Waals surface area contributed by atoms with Gasteiger partial charge in [0.05, 0.1) is 11.2 Å². The fourth-order valence-corrected chi connectivity index (χ4v) is 3.35. The molecule has 1 atom stereocenters. The molecule has 2 aromatic rings. The molecule has 1 heterocycles. The third kappa shape index (κ3) is 6.15. The van der Waals surface area contributed by atoms with Gasteiger partial charge in [-0.15, -0.1) is 0 Å². The van der Waals surface area contributed by atoms with Crippen LogP contribution in [0.3, 0.4) is 0 Å². The molecule has 7 nitrogen and oxygen atoms in total. The van der Waals surface area contributed by atoms with Crippen LogP contribution < -0.4 is 16.1 Å². The van der Waals surface area contributed by atoms with Gasteiger partial charge in [0, 0.05) is 5.69 Å². The maximum Gasteiger partial charge on any atom is 0.494 e. The van der Waals surface area contributed by atoms with E-state index in [1.165, 1.54) is 0 Å². The van der Waals surface area contributed by atoms with Gasteiger partial charge < -0.3 is 24.7 Å². The van der Waals surface area contributed by atoms with Crippen LogP contribution in [-0.2, 0) is 25.4 Å². The van der Waals surface area contributed by atoms with Crippen LogP contribution >= 0.6 is 0 Å². The Balaban J connectivity index is 1.57. The van der Waals surface area contributed by atoms with Gasteiger partial charge in [0.1, 0.15) is 12.6 Å². The monoisotopic (exact) mass is 452 g/mol. The molecule has 0 saturated carbocycles. The van der Waals surface area contributed by atoms with Crippen LogP contribution in [0.25, 0.3) is 0 Å². The molecule has 1 aliphatic heterocycles. The van der Waals surface area contributed by atoms with E-state index >= 15 is 0 Å². The fourth-order valence-electron chi connectivity index (χ4n) is 3.35. The number of alkyl carbamates (subject to hydrolysis) is 1. The van der Waals surface area contributed by atoms with E-state index in [2.05, 4.69) is 10.6 Å². The number of carbonyl (C=O) groups excluding carboxylic acids is 2. The second-order valence-electron chi connectivity index (χ2n) is 9.63. The lowest BCUT2D eigenvalue weighted by atomic mass is 9.79. The summed E-state index contributed by atoms with van der Waals surface area (Å²) in [4.78, 5) is 25.1. The minimum Gasteiger partial charge on any atom is -0.445 e. The number of anilines is 1. The van der Waals surface area contributed by atoms with Gasteiger partial charge in [-0.2, -0.15) is 0 Å². The van der Waals surface area contributed by atoms with E-state index in [4.69, 9.17) is 14.0 Å². The van der Waals surface area contributed by atoms with Gasteiger partial charge in [-0.3, -0.25) is 4.79 Å². The zero-order chi connectivity index (χ0) is 24.2. The van der Waals surface area contributed by atoms with Crippen LogP contribution in [-0.4, -0.2) is 36.4 Å². The molecule has 0 aliphatic carbocycles. The molecule has 1 fully saturated rings. The maximum absolute atomic E-state index is 12.8. The summed E-state index contributed by atoms with van der Waals surface area (Å²) in [6.07, 6.45) is -0.635. The molecule has 1 aliphatic rings. The molecule has 0 unspecified atom stereocenters. The Bertz CT molecular complexity index is 945. The number of hydrogen-bond acceptors (Lipinski definition) is 5. The van der Waals surface area contributed by atoms with Gasteiger partial charge in [0.25, 0.3) is 0 Å². The summed E-state index contributed by atoms with van der Waals surface area (Å²) in [5.74, 6) is -0.441. The molecule has 0 radical (unpaired) electrons. The van der Waals surface area contributed by atoms with Gasteiger partial charge in [-0.1, -0.05) is 56.3 Å².